The number of pyridine rings is 1. The molecule has 0 aliphatic rings. The SMILES string of the molecule is CC(=O)Nc1nc2c(-c3cccc(C(F)(F)F)c3)c(C)c(-c3cncn3-c3ccc(C#N)cc3)cn2n1. The summed E-state index contributed by atoms with van der Waals surface area (Å²) in [4.78, 5) is 20.3. The highest BCUT2D eigenvalue weighted by atomic mass is 19.4. The molecule has 3 heterocycles. The fourth-order valence-corrected chi connectivity index (χ4v) is 4.17. The lowest BCUT2D eigenvalue weighted by Gasteiger charge is -2.16. The van der Waals surface area contributed by atoms with Crippen LogP contribution in [0, 0.1) is 18.3 Å². The molecule has 0 bridgehead atoms. The minimum absolute atomic E-state index is 0.0258. The molecule has 0 radical (unpaired) electrons. The van der Waals surface area contributed by atoms with E-state index < -0.39 is 11.7 Å². The number of aromatic nitrogens is 5. The molecule has 0 fully saturated rings. The van der Waals surface area contributed by atoms with E-state index in [2.05, 4.69) is 26.5 Å². The molecule has 0 unspecified atom stereocenters. The van der Waals surface area contributed by atoms with Crippen molar-refractivity contribution in [2.75, 3.05) is 5.32 Å². The van der Waals surface area contributed by atoms with Crippen LogP contribution >= 0.6 is 0 Å². The van der Waals surface area contributed by atoms with E-state index in [1.165, 1.54) is 17.5 Å². The lowest BCUT2D eigenvalue weighted by atomic mass is 9.96. The minimum atomic E-state index is -4.53. The zero-order chi connectivity index (χ0) is 26.3. The van der Waals surface area contributed by atoms with Gasteiger partial charge in [0.25, 0.3) is 0 Å². The Morgan fingerprint density at radius 2 is 1.89 bits per heavy atom. The number of anilines is 1. The second-order valence-electron chi connectivity index (χ2n) is 8.31. The number of hydrogen-bond donors (Lipinski definition) is 1. The van der Waals surface area contributed by atoms with Crippen molar-refractivity contribution in [1.82, 2.24) is 24.1 Å². The van der Waals surface area contributed by atoms with Gasteiger partial charge in [-0.25, -0.2) is 9.50 Å². The number of nitriles is 1. The van der Waals surface area contributed by atoms with Gasteiger partial charge in [0.15, 0.2) is 5.65 Å². The number of rotatable bonds is 4. The first kappa shape index (κ1) is 23.7. The van der Waals surface area contributed by atoms with Crippen molar-refractivity contribution in [1.29, 1.82) is 5.26 Å². The van der Waals surface area contributed by atoms with Crippen LogP contribution in [0.4, 0.5) is 19.1 Å². The summed E-state index contributed by atoms with van der Waals surface area (Å²) < 4.78 is 43.8. The van der Waals surface area contributed by atoms with Gasteiger partial charge >= 0.3 is 6.18 Å². The summed E-state index contributed by atoms with van der Waals surface area (Å²) >= 11 is 0. The topological polar surface area (TPSA) is 101 Å². The third-order valence-electron chi connectivity index (χ3n) is 5.84. The van der Waals surface area contributed by atoms with Gasteiger partial charge in [-0.3, -0.25) is 14.7 Å². The molecule has 0 spiro atoms. The number of alkyl halides is 3. The highest BCUT2D eigenvalue weighted by Crippen LogP contribution is 2.38. The standard InChI is InChI=1S/C26H18F3N7O/c1-15-21(22-12-31-14-35(22)20-8-6-17(11-30)7-9-20)13-36-24(33-25(34-36)32-16(2)37)23(15)18-4-3-5-19(10-18)26(27,28)29/h3-10,12-14H,1-2H3,(H,32,34,37). The van der Waals surface area contributed by atoms with Crippen LogP contribution in [0.3, 0.4) is 0 Å². The second-order valence-corrected chi connectivity index (χ2v) is 8.31. The summed E-state index contributed by atoms with van der Waals surface area (Å²) in [5.41, 5.74) is 3.39. The number of halogens is 3. The molecule has 1 amide bonds. The summed E-state index contributed by atoms with van der Waals surface area (Å²) in [6.07, 6.45) is 0.403. The number of hydrogen-bond acceptors (Lipinski definition) is 5. The first-order valence-electron chi connectivity index (χ1n) is 11.0. The number of benzene rings is 2. The number of nitrogens with one attached hydrogen (secondary N) is 1. The van der Waals surface area contributed by atoms with Gasteiger partial charge in [0.2, 0.25) is 11.9 Å². The molecule has 1 N–H and O–H groups in total. The lowest BCUT2D eigenvalue weighted by Crippen LogP contribution is -2.07. The van der Waals surface area contributed by atoms with Gasteiger partial charge in [-0.1, -0.05) is 12.1 Å². The fraction of sp³-hybridized carbons (Fsp3) is 0.115. The highest BCUT2D eigenvalue weighted by Gasteiger charge is 2.31. The first-order valence-corrected chi connectivity index (χ1v) is 11.0. The maximum absolute atomic E-state index is 13.5. The Hall–Kier alpha value is -4.98. The Morgan fingerprint density at radius 1 is 1.14 bits per heavy atom. The monoisotopic (exact) mass is 501 g/mol. The van der Waals surface area contributed by atoms with Crippen molar-refractivity contribution in [3.05, 3.63) is 83.9 Å². The number of fused-ring (bicyclic) bond motifs is 1. The quantitative estimate of drug-likeness (QED) is 0.355. The molecule has 37 heavy (non-hydrogen) atoms. The van der Waals surface area contributed by atoms with Crippen molar-refractivity contribution in [2.45, 2.75) is 20.0 Å². The molecule has 8 nitrogen and oxygen atoms in total. The van der Waals surface area contributed by atoms with Crippen molar-refractivity contribution in [2.24, 2.45) is 0 Å². The molecule has 184 valence electrons. The van der Waals surface area contributed by atoms with Gasteiger partial charge < -0.3 is 0 Å². The number of imidazole rings is 1. The molecule has 5 aromatic rings. The Balaban J connectivity index is 1.77. The van der Waals surface area contributed by atoms with Gasteiger partial charge in [0.05, 0.1) is 35.4 Å². The van der Waals surface area contributed by atoms with E-state index in [-0.39, 0.29) is 17.5 Å². The molecule has 0 saturated carbocycles. The largest absolute Gasteiger partial charge is 0.416 e. The van der Waals surface area contributed by atoms with E-state index >= 15 is 0 Å². The van der Waals surface area contributed by atoms with E-state index in [9.17, 15) is 18.0 Å². The Bertz CT molecular complexity index is 1690. The third kappa shape index (κ3) is 4.40. The minimum Gasteiger partial charge on any atom is -0.299 e. The molecule has 11 heteroatoms. The number of amides is 1. The van der Waals surface area contributed by atoms with Crippen molar-refractivity contribution >= 4 is 17.5 Å². The lowest BCUT2D eigenvalue weighted by molar-refractivity contribution is -0.137. The Morgan fingerprint density at radius 3 is 2.57 bits per heavy atom. The zero-order valence-electron chi connectivity index (χ0n) is 19.6. The van der Waals surface area contributed by atoms with E-state index in [0.29, 0.717) is 33.5 Å². The summed E-state index contributed by atoms with van der Waals surface area (Å²) in [5.74, 6) is -0.356. The van der Waals surface area contributed by atoms with Crippen molar-refractivity contribution in [3.63, 3.8) is 0 Å². The summed E-state index contributed by atoms with van der Waals surface area (Å²) in [5, 5.41) is 16.0. The van der Waals surface area contributed by atoms with E-state index in [1.807, 2.05) is 0 Å². The third-order valence-corrected chi connectivity index (χ3v) is 5.84. The van der Waals surface area contributed by atoms with Gasteiger partial charge in [-0.05, 0) is 54.4 Å². The summed E-state index contributed by atoms with van der Waals surface area (Å²) in [6.45, 7) is 3.10. The average molecular weight is 501 g/mol. The van der Waals surface area contributed by atoms with Gasteiger partial charge in [-0.2, -0.15) is 23.4 Å². The van der Waals surface area contributed by atoms with Crippen LogP contribution in [-0.4, -0.2) is 30.1 Å². The van der Waals surface area contributed by atoms with Crippen LogP contribution < -0.4 is 5.32 Å². The molecule has 0 aliphatic carbocycles. The van der Waals surface area contributed by atoms with Gasteiger partial charge in [0, 0.05) is 29.9 Å². The van der Waals surface area contributed by atoms with Crippen molar-refractivity contribution in [3.8, 4) is 34.1 Å². The highest BCUT2D eigenvalue weighted by molar-refractivity contribution is 5.89. The zero-order valence-corrected chi connectivity index (χ0v) is 19.6. The Kier molecular flexibility index (Phi) is 5.72. The van der Waals surface area contributed by atoms with Crippen LogP contribution in [0.15, 0.2) is 67.3 Å². The van der Waals surface area contributed by atoms with E-state index in [4.69, 9.17) is 5.26 Å². The first-order chi connectivity index (χ1) is 17.7. The smallest absolute Gasteiger partial charge is 0.299 e. The maximum atomic E-state index is 13.5. The Labute approximate surface area is 208 Å². The van der Waals surface area contributed by atoms with E-state index in [1.54, 1.807) is 60.5 Å². The summed E-state index contributed by atoms with van der Waals surface area (Å²) in [7, 11) is 0. The second kappa shape index (κ2) is 8.91. The number of carbonyl (C=O) groups excluding carboxylic acids is 1. The molecule has 0 aliphatic heterocycles. The molecule has 5 rings (SSSR count). The van der Waals surface area contributed by atoms with Gasteiger partial charge in [-0.15, -0.1) is 5.10 Å². The predicted octanol–water partition coefficient (Wildman–Crippen LogP) is 5.41. The van der Waals surface area contributed by atoms with Crippen LogP contribution in [0.1, 0.15) is 23.6 Å². The normalized spacial score (nSPS) is 11.5. The van der Waals surface area contributed by atoms with Crippen LogP contribution in [-0.2, 0) is 11.0 Å². The molecule has 2 aromatic carbocycles. The van der Waals surface area contributed by atoms with Crippen molar-refractivity contribution < 1.29 is 18.0 Å². The molecular formula is C26H18F3N7O. The van der Waals surface area contributed by atoms with Crippen LogP contribution in [0.2, 0.25) is 0 Å². The molecular weight excluding hydrogens is 483 g/mol. The average Bonchev–Trinajstić information content (AvgIpc) is 3.49. The predicted molar refractivity (Wildman–Crippen MR) is 130 cm³/mol. The molecule has 0 atom stereocenters. The van der Waals surface area contributed by atoms with Crippen LogP contribution in [0.25, 0.3) is 33.7 Å². The maximum Gasteiger partial charge on any atom is 0.416 e. The van der Waals surface area contributed by atoms with Gasteiger partial charge in [0.1, 0.15) is 0 Å². The fourth-order valence-electron chi connectivity index (χ4n) is 4.17. The number of nitrogens with zero attached hydrogens (tertiary/aromatic N) is 6. The molecule has 0 saturated heterocycles. The summed E-state index contributed by atoms with van der Waals surface area (Å²) in [6, 6.07) is 14.0. The molecule has 3 aromatic heterocycles. The number of carbonyl (C=O) groups is 1. The van der Waals surface area contributed by atoms with Crippen LogP contribution in [0.5, 0.6) is 0 Å². The van der Waals surface area contributed by atoms with E-state index in [0.717, 1.165) is 17.8 Å².